The fraction of sp³-hybridized carbons (Fsp3) is 0.0833. The highest BCUT2D eigenvalue weighted by Crippen LogP contribution is 2.45. The number of carbonyl (C=O) groups is 2. The second-order valence-electron chi connectivity index (χ2n) is 7.71. The van der Waals surface area contributed by atoms with E-state index in [-0.39, 0.29) is 27.0 Å². The average Bonchev–Trinajstić information content (AvgIpc) is 3.42. The molecule has 5 rings (SSSR count). The molecule has 1 N–H and O–H groups in total. The first kappa shape index (κ1) is 23.4. The number of benzene rings is 2. The summed E-state index contributed by atoms with van der Waals surface area (Å²) in [5.74, 6) is -1.95. The van der Waals surface area contributed by atoms with Crippen molar-refractivity contribution < 1.29 is 24.4 Å². The van der Waals surface area contributed by atoms with Gasteiger partial charge in [0.15, 0.2) is 5.13 Å². The molecule has 1 saturated heterocycles. The normalized spacial score (nSPS) is 17.1. The van der Waals surface area contributed by atoms with Gasteiger partial charge in [0, 0.05) is 30.1 Å². The van der Waals surface area contributed by atoms with Gasteiger partial charge in [-0.2, -0.15) is 0 Å². The monoisotopic (exact) mass is 522 g/mol. The summed E-state index contributed by atoms with van der Waals surface area (Å²) in [4.78, 5) is 47.0. The summed E-state index contributed by atoms with van der Waals surface area (Å²) < 4.78 is 5.67. The Morgan fingerprint density at radius 1 is 1.22 bits per heavy atom. The highest BCUT2D eigenvalue weighted by Gasteiger charge is 2.48. The predicted octanol–water partition coefficient (Wildman–Crippen LogP) is 4.89. The quantitative estimate of drug-likeness (QED) is 0.129. The van der Waals surface area contributed by atoms with Crippen molar-refractivity contribution in [2.45, 2.75) is 6.04 Å². The molecule has 1 aliphatic heterocycles. The van der Waals surface area contributed by atoms with Crippen molar-refractivity contribution in [3.8, 4) is 5.75 Å². The van der Waals surface area contributed by atoms with Gasteiger partial charge in [-0.15, -0.1) is 0 Å². The average molecular weight is 523 g/mol. The molecule has 10 nitrogen and oxygen atoms in total. The first-order valence-electron chi connectivity index (χ1n) is 10.4. The maximum atomic E-state index is 13.3. The second-order valence-corrected chi connectivity index (χ2v) is 9.12. The number of aliphatic hydroxyl groups is 1. The van der Waals surface area contributed by atoms with Crippen molar-refractivity contribution in [1.82, 2.24) is 9.97 Å². The second kappa shape index (κ2) is 9.02. The maximum absolute atomic E-state index is 13.3. The number of aromatic nitrogens is 2. The summed E-state index contributed by atoms with van der Waals surface area (Å²) >= 11 is 7.33. The van der Waals surface area contributed by atoms with Crippen LogP contribution in [0.5, 0.6) is 5.75 Å². The molecule has 1 unspecified atom stereocenters. The Balaban J connectivity index is 1.72. The number of fused-ring (bicyclic) bond motifs is 1. The van der Waals surface area contributed by atoms with Crippen LogP contribution >= 0.6 is 22.9 Å². The van der Waals surface area contributed by atoms with Crippen LogP contribution in [0.4, 0.5) is 10.8 Å². The third-order valence-electron chi connectivity index (χ3n) is 5.65. The summed E-state index contributed by atoms with van der Waals surface area (Å²) in [6.45, 7) is 0. The molecule has 12 heteroatoms. The molecule has 0 saturated carbocycles. The Morgan fingerprint density at radius 3 is 2.72 bits per heavy atom. The Bertz CT molecular complexity index is 1590. The summed E-state index contributed by atoms with van der Waals surface area (Å²) in [5, 5.41) is 22.7. The zero-order chi connectivity index (χ0) is 25.6. The Kier molecular flexibility index (Phi) is 5.86. The Morgan fingerprint density at radius 2 is 2.03 bits per heavy atom. The number of ether oxygens (including phenoxy) is 1. The number of nitro groups is 1. The number of nitro benzene ring substituents is 1. The number of halogens is 1. The van der Waals surface area contributed by atoms with Gasteiger partial charge in [0.25, 0.3) is 11.5 Å². The standard InChI is InChI=1S/C24H15ClN4O6S/c1-35-14-5-6-16(25)15(10-14)21(30)19-20(12-3-2-8-26-11-12)28(23(32)22(19)31)24-27-17-7-4-13(29(33)34)9-18(17)36-24/h2-11,20,30H,1H3/b21-19+. The molecule has 0 aliphatic carbocycles. The minimum Gasteiger partial charge on any atom is -0.507 e. The molecule has 0 bridgehead atoms. The van der Waals surface area contributed by atoms with E-state index in [1.165, 1.54) is 49.8 Å². The molecule has 180 valence electrons. The van der Waals surface area contributed by atoms with Crippen LogP contribution in [-0.4, -0.2) is 38.8 Å². The molecule has 2 aromatic heterocycles. The number of Topliss-reactive ketones (excluding diaryl/α,β-unsaturated/α-hetero) is 1. The van der Waals surface area contributed by atoms with Gasteiger partial charge >= 0.3 is 5.91 Å². The number of thiazole rings is 1. The van der Waals surface area contributed by atoms with Crippen molar-refractivity contribution in [2.75, 3.05) is 12.0 Å². The summed E-state index contributed by atoms with van der Waals surface area (Å²) in [6.07, 6.45) is 3.01. The van der Waals surface area contributed by atoms with Crippen molar-refractivity contribution >= 4 is 61.4 Å². The zero-order valence-electron chi connectivity index (χ0n) is 18.4. The van der Waals surface area contributed by atoms with Crippen molar-refractivity contribution in [1.29, 1.82) is 0 Å². The number of amides is 1. The van der Waals surface area contributed by atoms with Gasteiger partial charge in [-0.25, -0.2) is 4.98 Å². The highest BCUT2D eigenvalue weighted by atomic mass is 35.5. The molecular weight excluding hydrogens is 508 g/mol. The molecule has 1 amide bonds. The van der Waals surface area contributed by atoms with E-state index >= 15 is 0 Å². The van der Waals surface area contributed by atoms with E-state index in [1.54, 1.807) is 18.2 Å². The number of carbonyl (C=O) groups excluding carboxylic acids is 2. The first-order chi connectivity index (χ1) is 17.3. The summed E-state index contributed by atoms with van der Waals surface area (Å²) in [6, 6.07) is 10.9. The molecule has 4 aromatic rings. The van der Waals surface area contributed by atoms with Crippen LogP contribution in [0, 0.1) is 10.1 Å². The number of methoxy groups -OCH3 is 1. The molecule has 1 atom stereocenters. The minimum atomic E-state index is -1.07. The number of non-ortho nitro benzene ring substituents is 1. The molecule has 0 radical (unpaired) electrons. The van der Waals surface area contributed by atoms with Crippen LogP contribution in [0.15, 0.2) is 66.5 Å². The minimum absolute atomic E-state index is 0.114. The van der Waals surface area contributed by atoms with Gasteiger partial charge in [0.05, 0.1) is 38.9 Å². The van der Waals surface area contributed by atoms with Crippen molar-refractivity contribution in [2.24, 2.45) is 0 Å². The largest absolute Gasteiger partial charge is 0.507 e. The number of hydrogen-bond acceptors (Lipinski definition) is 9. The van der Waals surface area contributed by atoms with Crippen LogP contribution < -0.4 is 9.64 Å². The fourth-order valence-electron chi connectivity index (χ4n) is 3.96. The topological polar surface area (TPSA) is 136 Å². The number of ketones is 1. The van der Waals surface area contributed by atoms with Crippen LogP contribution in [0.1, 0.15) is 17.2 Å². The molecular formula is C24H15ClN4O6S. The van der Waals surface area contributed by atoms with E-state index in [0.29, 0.717) is 21.5 Å². The lowest BCUT2D eigenvalue weighted by molar-refractivity contribution is -0.384. The molecule has 2 aromatic carbocycles. The Labute approximate surface area is 212 Å². The predicted molar refractivity (Wildman–Crippen MR) is 133 cm³/mol. The molecule has 1 aliphatic rings. The molecule has 0 spiro atoms. The van der Waals surface area contributed by atoms with E-state index in [2.05, 4.69) is 9.97 Å². The number of rotatable bonds is 5. The van der Waals surface area contributed by atoms with Gasteiger partial charge in [-0.3, -0.25) is 29.6 Å². The number of pyridine rings is 1. The van der Waals surface area contributed by atoms with Gasteiger partial charge < -0.3 is 9.84 Å². The third kappa shape index (κ3) is 3.84. The number of aliphatic hydroxyl groups excluding tert-OH is 1. The van der Waals surface area contributed by atoms with Gasteiger partial charge in [-0.05, 0) is 35.9 Å². The van der Waals surface area contributed by atoms with E-state index in [9.17, 15) is 24.8 Å². The lowest BCUT2D eigenvalue weighted by atomic mass is 9.96. The van der Waals surface area contributed by atoms with E-state index < -0.39 is 28.4 Å². The van der Waals surface area contributed by atoms with Crippen LogP contribution in [-0.2, 0) is 9.59 Å². The molecule has 36 heavy (non-hydrogen) atoms. The number of anilines is 1. The highest BCUT2D eigenvalue weighted by molar-refractivity contribution is 7.22. The zero-order valence-corrected chi connectivity index (χ0v) is 20.0. The Hall–Kier alpha value is -4.35. The van der Waals surface area contributed by atoms with E-state index in [4.69, 9.17) is 16.3 Å². The first-order valence-corrected chi connectivity index (χ1v) is 11.6. The third-order valence-corrected chi connectivity index (χ3v) is 7.00. The van der Waals surface area contributed by atoms with Crippen molar-refractivity contribution in [3.63, 3.8) is 0 Å². The van der Waals surface area contributed by atoms with Gasteiger partial charge in [0.2, 0.25) is 0 Å². The smallest absolute Gasteiger partial charge is 0.301 e. The lowest BCUT2D eigenvalue weighted by Crippen LogP contribution is -2.29. The fourth-order valence-corrected chi connectivity index (χ4v) is 5.19. The van der Waals surface area contributed by atoms with Gasteiger partial charge in [-0.1, -0.05) is 29.0 Å². The van der Waals surface area contributed by atoms with E-state index in [0.717, 1.165) is 16.2 Å². The van der Waals surface area contributed by atoms with Crippen molar-refractivity contribution in [3.05, 3.63) is 92.8 Å². The summed E-state index contributed by atoms with van der Waals surface area (Å²) in [7, 11) is 1.44. The SMILES string of the molecule is COc1ccc(Cl)c(/C(O)=C2\C(=O)C(=O)N(c3nc4ccc([N+](=O)[O-])cc4s3)C2c2cccnc2)c1. The van der Waals surface area contributed by atoms with Crippen LogP contribution in [0.2, 0.25) is 5.02 Å². The molecule has 1 fully saturated rings. The lowest BCUT2D eigenvalue weighted by Gasteiger charge is -2.22. The van der Waals surface area contributed by atoms with E-state index in [1.807, 2.05) is 0 Å². The van der Waals surface area contributed by atoms with Crippen LogP contribution in [0.3, 0.4) is 0 Å². The molecule has 3 heterocycles. The summed E-state index contributed by atoms with van der Waals surface area (Å²) in [5.41, 5.74) is 0.651. The number of nitrogens with zero attached hydrogens (tertiary/aromatic N) is 4. The maximum Gasteiger partial charge on any atom is 0.301 e. The van der Waals surface area contributed by atoms with Crippen LogP contribution in [0.25, 0.3) is 16.0 Å². The number of hydrogen-bond donors (Lipinski definition) is 1. The van der Waals surface area contributed by atoms with Gasteiger partial charge in [0.1, 0.15) is 11.5 Å².